The topological polar surface area (TPSA) is 43.9 Å². The van der Waals surface area contributed by atoms with Crippen molar-refractivity contribution >= 4 is 11.8 Å². The maximum Gasteiger partial charge on any atom is 0.240 e. The first-order valence-corrected chi connectivity index (χ1v) is 9.65. The van der Waals surface area contributed by atoms with Gasteiger partial charge >= 0.3 is 0 Å². The highest BCUT2D eigenvalue weighted by Crippen LogP contribution is 2.33. The van der Waals surface area contributed by atoms with Crippen LogP contribution in [0.25, 0.3) is 0 Å². The van der Waals surface area contributed by atoms with Gasteiger partial charge in [0.05, 0.1) is 6.04 Å². The second-order valence-corrected chi connectivity index (χ2v) is 7.75. The maximum absolute atomic E-state index is 13.1. The minimum atomic E-state index is -0.260. The molecule has 1 aliphatic carbocycles. The van der Waals surface area contributed by atoms with Gasteiger partial charge in [-0.1, -0.05) is 12.1 Å². The molecule has 1 atom stereocenters. The molecule has 26 heavy (non-hydrogen) atoms. The van der Waals surface area contributed by atoms with Gasteiger partial charge in [-0.05, 0) is 42.9 Å². The van der Waals surface area contributed by atoms with Crippen LogP contribution in [0, 0.1) is 11.7 Å². The highest BCUT2D eigenvalue weighted by atomic mass is 19.1. The molecule has 2 heterocycles. The predicted octanol–water partition coefficient (Wildman–Crippen LogP) is 1.87. The summed E-state index contributed by atoms with van der Waals surface area (Å²) in [6, 6.07) is 6.21. The highest BCUT2D eigenvalue weighted by Gasteiger charge is 2.37. The van der Waals surface area contributed by atoms with E-state index in [1.807, 2.05) is 9.80 Å². The molecule has 2 saturated heterocycles. The number of amides is 2. The van der Waals surface area contributed by atoms with Crippen LogP contribution in [0.3, 0.4) is 0 Å². The van der Waals surface area contributed by atoms with Crippen molar-refractivity contribution in [1.29, 1.82) is 0 Å². The number of hydrogen-bond donors (Lipinski definition) is 0. The molecule has 1 unspecified atom stereocenters. The number of fused-ring (bicyclic) bond motifs is 1. The Morgan fingerprint density at radius 2 is 1.73 bits per heavy atom. The number of piperazine rings is 1. The van der Waals surface area contributed by atoms with Crippen molar-refractivity contribution < 1.29 is 14.0 Å². The largest absolute Gasteiger partial charge is 0.341 e. The van der Waals surface area contributed by atoms with Gasteiger partial charge in [0.2, 0.25) is 11.8 Å². The number of carbonyl (C=O) groups excluding carboxylic acids is 2. The van der Waals surface area contributed by atoms with Crippen LogP contribution < -0.4 is 0 Å². The Kier molecular flexibility index (Phi) is 4.94. The van der Waals surface area contributed by atoms with E-state index in [0.29, 0.717) is 38.4 Å². The molecule has 0 spiro atoms. The van der Waals surface area contributed by atoms with E-state index in [9.17, 15) is 14.0 Å². The van der Waals surface area contributed by atoms with E-state index in [1.54, 1.807) is 12.1 Å². The monoisotopic (exact) mass is 359 g/mol. The number of hydrogen-bond acceptors (Lipinski definition) is 3. The van der Waals surface area contributed by atoms with Crippen molar-refractivity contribution in [3.05, 3.63) is 35.6 Å². The highest BCUT2D eigenvalue weighted by molar-refractivity contribution is 5.83. The first-order chi connectivity index (χ1) is 12.6. The molecule has 1 saturated carbocycles. The lowest BCUT2D eigenvalue weighted by atomic mass is 10.1. The van der Waals surface area contributed by atoms with E-state index in [4.69, 9.17) is 0 Å². The molecule has 140 valence electrons. The number of benzene rings is 1. The molecule has 2 amide bonds. The van der Waals surface area contributed by atoms with Crippen molar-refractivity contribution in [1.82, 2.24) is 14.7 Å². The fourth-order valence-electron chi connectivity index (χ4n) is 4.01. The summed E-state index contributed by atoms with van der Waals surface area (Å²) >= 11 is 0. The molecular formula is C20H26FN3O2. The fourth-order valence-corrected chi connectivity index (χ4v) is 4.01. The number of rotatable bonds is 4. The van der Waals surface area contributed by atoms with Crippen LogP contribution in [0.15, 0.2) is 24.3 Å². The lowest BCUT2D eigenvalue weighted by molar-refractivity contribution is -0.142. The average molecular weight is 359 g/mol. The molecular weight excluding hydrogens is 333 g/mol. The van der Waals surface area contributed by atoms with Crippen molar-refractivity contribution in [2.45, 2.75) is 38.3 Å². The van der Waals surface area contributed by atoms with E-state index in [1.165, 1.54) is 25.0 Å². The number of halogens is 1. The quantitative estimate of drug-likeness (QED) is 0.824. The Balaban J connectivity index is 1.37. The van der Waals surface area contributed by atoms with Crippen LogP contribution in [-0.2, 0) is 16.1 Å². The van der Waals surface area contributed by atoms with Gasteiger partial charge in [-0.15, -0.1) is 0 Å². The van der Waals surface area contributed by atoms with Crippen molar-refractivity contribution in [3.63, 3.8) is 0 Å². The van der Waals surface area contributed by atoms with Gasteiger partial charge in [0, 0.05) is 45.7 Å². The molecule has 0 aromatic heterocycles. The third-order valence-corrected chi connectivity index (χ3v) is 5.82. The Bertz CT molecular complexity index is 674. The summed E-state index contributed by atoms with van der Waals surface area (Å²) in [5.74, 6) is 0.728. The molecule has 4 rings (SSSR count). The number of nitrogens with zero attached hydrogens (tertiary/aromatic N) is 3. The minimum Gasteiger partial charge on any atom is -0.341 e. The third kappa shape index (κ3) is 3.90. The molecule has 1 aromatic rings. The average Bonchev–Trinajstić information content (AvgIpc) is 3.45. The first-order valence-electron chi connectivity index (χ1n) is 9.65. The van der Waals surface area contributed by atoms with E-state index in [-0.39, 0.29) is 23.7 Å². The van der Waals surface area contributed by atoms with Gasteiger partial charge in [0.15, 0.2) is 0 Å². The second kappa shape index (κ2) is 7.35. The summed E-state index contributed by atoms with van der Waals surface area (Å²) in [5, 5.41) is 0. The fraction of sp³-hybridized carbons (Fsp3) is 0.600. The molecule has 3 aliphatic rings. The van der Waals surface area contributed by atoms with Crippen molar-refractivity contribution in [3.8, 4) is 0 Å². The van der Waals surface area contributed by atoms with Crippen LogP contribution in [-0.4, -0.2) is 65.3 Å². The Morgan fingerprint density at radius 3 is 2.46 bits per heavy atom. The van der Waals surface area contributed by atoms with E-state index >= 15 is 0 Å². The van der Waals surface area contributed by atoms with Gasteiger partial charge in [0.25, 0.3) is 0 Å². The summed E-state index contributed by atoms with van der Waals surface area (Å²) in [4.78, 5) is 31.4. The standard InChI is InChI=1S/C20H26FN3O2/c21-17-5-3-16(4-6-17)14-24-12-10-22-9-11-23(8-7-18(22)20(24)26)19(25)13-15-1-2-15/h3-6,15,18H,1-2,7-14H2. The second-order valence-electron chi connectivity index (χ2n) is 7.75. The van der Waals surface area contributed by atoms with E-state index in [2.05, 4.69) is 4.90 Å². The zero-order valence-corrected chi connectivity index (χ0v) is 15.1. The van der Waals surface area contributed by atoms with Crippen LogP contribution in [0.5, 0.6) is 0 Å². The smallest absolute Gasteiger partial charge is 0.240 e. The van der Waals surface area contributed by atoms with Gasteiger partial charge in [-0.25, -0.2) is 4.39 Å². The summed E-state index contributed by atoms with van der Waals surface area (Å²) in [7, 11) is 0. The minimum absolute atomic E-state index is 0.136. The van der Waals surface area contributed by atoms with Gasteiger partial charge in [0.1, 0.15) is 5.82 Å². The molecule has 6 heteroatoms. The lowest BCUT2D eigenvalue weighted by Crippen LogP contribution is -2.56. The summed E-state index contributed by atoms with van der Waals surface area (Å²) < 4.78 is 13.1. The van der Waals surface area contributed by atoms with E-state index < -0.39 is 0 Å². The molecule has 0 bridgehead atoms. The Morgan fingerprint density at radius 1 is 1.00 bits per heavy atom. The van der Waals surface area contributed by atoms with Crippen LogP contribution >= 0.6 is 0 Å². The van der Waals surface area contributed by atoms with Gasteiger partial charge in [-0.3, -0.25) is 14.5 Å². The van der Waals surface area contributed by atoms with E-state index in [0.717, 1.165) is 25.2 Å². The summed E-state index contributed by atoms with van der Waals surface area (Å²) in [6.45, 7) is 4.21. The lowest BCUT2D eigenvalue weighted by Gasteiger charge is -2.39. The SMILES string of the molecule is O=C(CC1CC1)N1CCC2C(=O)N(Cc3ccc(F)cc3)CCN2CC1. The molecule has 0 radical (unpaired) electrons. The Hall–Kier alpha value is -1.95. The normalized spacial score (nSPS) is 24.3. The van der Waals surface area contributed by atoms with Crippen LogP contribution in [0.2, 0.25) is 0 Å². The summed E-state index contributed by atoms with van der Waals surface area (Å²) in [5.41, 5.74) is 0.947. The molecule has 5 nitrogen and oxygen atoms in total. The molecule has 2 aliphatic heterocycles. The first kappa shape index (κ1) is 17.5. The zero-order chi connectivity index (χ0) is 18.1. The van der Waals surface area contributed by atoms with Gasteiger partial charge < -0.3 is 9.80 Å². The maximum atomic E-state index is 13.1. The van der Waals surface area contributed by atoms with Crippen molar-refractivity contribution in [2.75, 3.05) is 32.7 Å². The Labute approximate surface area is 153 Å². The van der Waals surface area contributed by atoms with Gasteiger partial charge in [-0.2, -0.15) is 0 Å². The third-order valence-electron chi connectivity index (χ3n) is 5.82. The van der Waals surface area contributed by atoms with Crippen LogP contribution in [0.4, 0.5) is 4.39 Å². The van der Waals surface area contributed by atoms with Crippen molar-refractivity contribution in [2.24, 2.45) is 5.92 Å². The predicted molar refractivity (Wildman–Crippen MR) is 95.7 cm³/mol. The van der Waals surface area contributed by atoms with Crippen LogP contribution in [0.1, 0.15) is 31.2 Å². The molecule has 0 N–H and O–H groups in total. The molecule has 1 aromatic carbocycles. The molecule has 3 fully saturated rings. The number of carbonyl (C=O) groups is 2. The summed E-state index contributed by atoms with van der Waals surface area (Å²) in [6.07, 6.45) is 3.75. The zero-order valence-electron chi connectivity index (χ0n) is 15.1.